The van der Waals surface area contributed by atoms with Gasteiger partial charge in [0, 0.05) is 6.54 Å². The van der Waals surface area contributed by atoms with Crippen LogP contribution in [0.2, 0.25) is 0 Å². The van der Waals surface area contributed by atoms with Crippen LogP contribution in [-0.4, -0.2) is 106 Å². The van der Waals surface area contributed by atoms with E-state index in [-0.39, 0.29) is 50.0 Å². The first-order valence-corrected chi connectivity index (χ1v) is 16.6. The highest BCUT2D eigenvalue weighted by Gasteiger charge is 2.34. The molecule has 0 saturated heterocycles. The standard InChI is InChI=1S/C31H56N10O10/c1-14(2)10-19(38-25(45)17(32)12-23(43)44)27(47)39-20(13-22(33)42)28(48)37-18(8-7-9-36-31(34)35)26(46)41-24(16(5)6)29(49)40-21(30(50)51)11-15(3)4/h14-21,24H,7-13,32H2,1-6H3,(H2,33,42)(H,37,48)(H,38,45)(H,39,47)(H,40,49)(H,41,46)(H,43,44)(H,50,51)(H4,34,35,36)/t17-,18-,19-,20-,21-,24-/m0/s1. The fraction of sp³-hybridized carbons (Fsp3) is 0.710. The number of hydrogen-bond donors (Lipinski definition) is 11. The summed E-state index contributed by atoms with van der Waals surface area (Å²) in [6.07, 6.45) is -1.19. The molecular formula is C31H56N10O10. The van der Waals surface area contributed by atoms with E-state index in [0.717, 1.165) is 0 Å². The monoisotopic (exact) mass is 728 g/mol. The van der Waals surface area contributed by atoms with Crippen molar-refractivity contribution in [1.82, 2.24) is 26.6 Å². The van der Waals surface area contributed by atoms with Gasteiger partial charge in [-0.05, 0) is 43.4 Å². The van der Waals surface area contributed by atoms with Crippen LogP contribution in [0.15, 0.2) is 4.99 Å². The summed E-state index contributed by atoms with van der Waals surface area (Å²) < 4.78 is 0. The molecule has 0 fully saturated rings. The van der Waals surface area contributed by atoms with E-state index in [4.69, 9.17) is 28.0 Å². The number of amides is 6. The van der Waals surface area contributed by atoms with Crippen molar-refractivity contribution >= 4 is 53.3 Å². The third-order valence-electron chi connectivity index (χ3n) is 7.26. The average molecular weight is 729 g/mol. The second kappa shape index (κ2) is 22.7. The zero-order valence-electron chi connectivity index (χ0n) is 30.1. The fourth-order valence-corrected chi connectivity index (χ4v) is 4.73. The number of nitrogens with zero attached hydrogens (tertiary/aromatic N) is 1. The van der Waals surface area contributed by atoms with E-state index in [1.54, 1.807) is 41.5 Å². The van der Waals surface area contributed by atoms with Crippen LogP contribution in [-0.2, 0) is 38.4 Å². The van der Waals surface area contributed by atoms with Crippen LogP contribution in [0.3, 0.4) is 0 Å². The Hall–Kier alpha value is -5.01. The highest BCUT2D eigenvalue weighted by Crippen LogP contribution is 2.11. The van der Waals surface area contributed by atoms with E-state index in [0.29, 0.717) is 0 Å². The van der Waals surface area contributed by atoms with E-state index in [9.17, 15) is 43.5 Å². The minimum atomic E-state index is -1.64. The summed E-state index contributed by atoms with van der Waals surface area (Å²) in [4.78, 5) is 105. The first kappa shape index (κ1) is 46.0. The molecule has 0 rings (SSSR count). The van der Waals surface area contributed by atoms with Gasteiger partial charge in [-0.25, -0.2) is 4.79 Å². The van der Waals surface area contributed by atoms with Gasteiger partial charge in [0.05, 0.1) is 18.9 Å². The lowest BCUT2D eigenvalue weighted by atomic mass is 9.99. The molecule has 51 heavy (non-hydrogen) atoms. The minimum absolute atomic E-state index is 0.0383. The summed E-state index contributed by atoms with van der Waals surface area (Å²) in [5.41, 5.74) is 21.7. The number of aliphatic carboxylic acids is 2. The molecule has 0 bridgehead atoms. The molecule has 6 amide bonds. The van der Waals surface area contributed by atoms with Gasteiger partial charge in [-0.3, -0.25) is 38.6 Å². The van der Waals surface area contributed by atoms with E-state index in [1.165, 1.54) is 0 Å². The molecule has 0 aliphatic heterocycles. The van der Waals surface area contributed by atoms with Crippen LogP contribution in [0, 0.1) is 17.8 Å². The number of aliphatic imine (C=N–C) groups is 1. The van der Waals surface area contributed by atoms with Crippen molar-refractivity contribution in [2.45, 2.75) is 116 Å². The lowest BCUT2D eigenvalue weighted by molar-refractivity contribution is -0.143. The number of guanidine groups is 1. The number of carbonyl (C=O) groups excluding carboxylic acids is 6. The number of carbonyl (C=O) groups is 8. The van der Waals surface area contributed by atoms with Gasteiger partial charge < -0.3 is 59.7 Å². The Morgan fingerprint density at radius 3 is 1.55 bits per heavy atom. The largest absolute Gasteiger partial charge is 0.481 e. The summed E-state index contributed by atoms with van der Waals surface area (Å²) in [5, 5.41) is 30.7. The minimum Gasteiger partial charge on any atom is -0.481 e. The number of rotatable bonds is 24. The maximum absolute atomic E-state index is 13.6. The highest BCUT2D eigenvalue weighted by atomic mass is 16.4. The molecule has 20 nitrogen and oxygen atoms in total. The molecule has 0 radical (unpaired) electrons. The van der Waals surface area contributed by atoms with Crippen molar-refractivity contribution in [3.8, 4) is 0 Å². The van der Waals surface area contributed by atoms with E-state index in [2.05, 4.69) is 31.6 Å². The first-order valence-electron chi connectivity index (χ1n) is 16.6. The smallest absolute Gasteiger partial charge is 0.326 e. The molecule has 0 unspecified atom stereocenters. The summed E-state index contributed by atoms with van der Waals surface area (Å²) >= 11 is 0. The quantitative estimate of drug-likeness (QED) is 0.0268. The van der Waals surface area contributed by atoms with Crippen molar-refractivity contribution in [1.29, 1.82) is 0 Å². The van der Waals surface area contributed by atoms with Gasteiger partial charge in [0.1, 0.15) is 30.2 Å². The van der Waals surface area contributed by atoms with Gasteiger partial charge >= 0.3 is 11.9 Å². The number of carboxylic acids is 2. The maximum atomic E-state index is 13.6. The Balaban J connectivity index is 6.29. The Kier molecular flexibility index (Phi) is 20.4. The average Bonchev–Trinajstić information content (AvgIpc) is 2.98. The summed E-state index contributed by atoms with van der Waals surface area (Å²) in [7, 11) is 0. The topological polar surface area (TPSA) is 354 Å². The first-order chi connectivity index (χ1) is 23.5. The normalized spacial score (nSPS) is 14.6. The third kappa shape index (κ3) is 19.1. The number of nitrogens with one attached hydrogen (secondary N) is 5. The molecule has 0 heterocycles. The SMILES string of the molecule is CC(C)C[C@H](NC(=O)[C@@H](NC(=O)[C@H](CCCN=C(N)N)NC(=O)[C@H](CC(N)=O)NC(=O)[C@H](CC(C)C)NC(=O)[C@@H](N)CC(=O)O)C(C)C)C(=O)O. The Morgan fingerprint density at radius 2 is 1.08 bits per heavy atom. The molecule has 20 heteroatoms. The van der Waals surface area contributed by atoms with Crippen LogP contribution in [0.5, 0.6) is 0 Å². The van der Waals surface area contributed by atoms with Gasteiger partial charge in [0.2, 0.25) is 35.4 Å². The fourth-order valence-electron chi connectivity index (χ4n) is 4.73. The molecule has 290 valence electrons. The van der Waals surface area contributed by atoms with Crippen molar-refractivity contribution in [3.63, 3.8) is 0 Å². The second-order valence-corrected chi connectivity index (χ2v) is 13.4. The van der Waals surface area contributed by atoms with Gasteiger partial charge in [0.15, 0.2) is 5.96 Å². The Labute approximate surface area is 297 Å². The molecule has 0 aromatic carbocycles. The van der Waals surface area contributed by atoms with E-state index < -0.39 is 102 Å². The molecule has 0 aliphatic carbocycles. The third-order valence-corrected chi connectivity index (χ3v) is 7.26. The lowest BCUT2D eigenvalue weighted by Crippen LogP contribution is -2.60. The van der Waals surface area contributed by atoms with Crippen molar-refractivity contribution in [2.75, 3.05) is 6.54 Å². The molecule has 0 saturated carbocycles. The van der Waals surface area contributed by atoms with E-state index in [1.807, 2.05) is 0 Å². The van der Waals surface area contributed by atoms with Gasteiger partial charge in [0.25, 0.3) is 0 Å². The summed E-state index contributed by atoms with van der Waals surface area (Å²) in [6, 6.07) is -8.23. The van der Waals surface area contributed by atoms with Crippen LogP contribution >= 0.6 is 0 Å². The number of primary amides is 1. The zero-order valence-corrected chi connectivity index (χ0v) is 30.1. The molecular weight excluding hydrogens is 672 g/mol. The maximum Gasteiger partial charge on any atom is 0.326 e. The Morgan fingerprint density at radius 1 is 0.608 bits per heavy atom. The number of nitrogens with two attached hydrogens (primary N) is 4. The molecule has 0 aromatic rings. The van der Waals surface area contributed by atoms with Gasteiger partial charge in [-0.1, -0.05) is 41.5 Å². The zero-order chi connectivity index (χ0) is 39.6. The van der Waals surface area contributed by atoms with Crippen LogP contribution in [0.25, 0.3) is 0 Å². The highest BCUT2D eigenvalue weighted by molar-refractivity contribution is 5.98. The molecule has 0 aliphatic rings. The molecule has 0 spiro atoms. The molecule has 6 atom stereocenters. The second-order valence-electron chi connectivity index (χ2n) is 13.4. The molecule has 0 aromatic heterocycles. The molecule has 15 N–H and O–H groups in total. The predicted octanol–water partition coefficient (Wildman–Crippen LogP) is -3.03. The number of carboxylic acid groups (broad SMARTS) is 2. The number of hydrogen-bond acceptors (Lipinski definition) is 10. The summed E-state index contributed by atoms with van der Waals surface area (Å²) in [6.45, 7) is 10.3. The van der Waals surface area contributed by atoms with Crippen molar-refractivity contribution in [3.05, 3.63) is 0 Å². The van der Waals surface area contributed by atoms with Crippen molar-refractivity contribution < 1.29 is 48.6 Å². The van der Waals surface area contributed by atoms with Crippen LogP contribution in [0.1, 0.15) is 80.1 Å². The summed E-state index contributed by atoms with van der Waals surface area (Å²) in [5.74, 6) is -9.07. The van der Waals surface area contributed by atoms with Crippen molar-refractivity contribution in [2.24, 2.45) is 45.7 Å². The predicted molar refractivity (Wildman–Crippen MR) is 185 cm³/mol. The lowest BCUT2D eigenvalue weighted by Gasteiger charge is -2.28. The van der Waals surface area contributed by atoms with Crippen LogP contribution < -0.4 is 49.5 Å². The Bertz CT molecular complexity index is 1270. The van der Waals surface area contributed by atoms with Crippen LogP contribution in [0.4, 0.5) is 0 Å². The van der Waals surface area contributed by atoms with Gasteiger partial charge in [-0.15, -0.1) is 0 Å². The van der Waals surface area contributed by atoms with Gasteiger partial charge in [-0.2, -0.15) is 0 Å². The van der Waals surface area contributed by atoms with E-state index >= 15 is 0 Å².